The number of hydrogen-bond acceptors (Lipinski definition) is 5. The first-order valence-electron chi connectivity index (χ1n) is 8.75. The molecule has 0 radical (unpaired) electrons. The second-order valence-corrected chi connectivity index (χ2v) is 6.72. The van der Waals surface area contributed by atoms with Crippen molar-refractivity contribution in [2.75, 3.05) is 38.2 Å². The fourth-order valence-corrected chi connectivity index (χ4v) is 3.29. The number of allylic oxidation sites excluding steroid dienone is 1. The fraction of sp³-hybridized carbons (Fsp3) is 0.611. The van der Waals surface area contributed by atoms with E-state index in [4.69, 9.17) is 4.74 Å². The van der Waals surface area contributed by atoms with Crippen LogP contribution in [0.2, 0.25) is 0 Å². The van der Waals surface area contributed by atoms with Crippen LogP contribution in [0.15, 0.2) is 24.0 Å². The zero-order valence-corrected chi connectivity index (χ0v) is 14.6. The fourth-order valence-electron chi connectivity index (χ4n) is 3.29. The van der Waals surface area contributed by atoms with Gasteiger partial charge in [-0.1, -0.05) is 12.5 Å². The second-order valence-electron chi connectivity index (χ2n) is 6.72. The van der Waals surface area contributed by atoms with Gasteiger partial charge in [-0.3, -0.25) is 9.78 Å². The van der Waals surface area contributed by atoms with Crippen LogP contribution in [0.4, 0.5) is 5.82 Å². The Balaban J connectivity index is 1.54. The molecule has 2 aliphatic rings. The molecule has 0 unspecified atom stereocenters. The molecule has 1 saturated carbocycles. The van der Waals surface area contributed by atoms with E-state index in [1.165, 1.54) is 18.4 Å². The molecule has 0 atom stereocenters. The van der Waals surface area contributed by atoms with Crippen LogP contribution in [0.3, 0.4) is 0 Å². The number of nitrogens with zero attached hydrogens (tertiary/aromatic N) is 4. The highest BCUT2D eigenvalue weighted by atomic mass is 16.5. The zero-order chi connectivity index (χ0) is 16.9. The van der Waals surface area contributed by atoms with E-state index in [2.05, 4.69) is 21.8 Å². The lowest BCUT2D eigenvalue weighted by Gasteiger charge is -2.35. The van der Waals surface area contributed by atoms with Crippen molar-refractivity contribution in [2.24, 2.45) is 5.92 Å². The van der Waals surface area contributed by atoms with Crippen molar-refractivity contribution in [1.82, 2.24) is 14.9 Å². The van der Waals surface area contributed by atoms with Gasteiger partial charge in [-0.25, -0.2) is 0 Å². The molecule has 3 rings (SSSR count). The van der Waals surface area contributed by atoms with E-state index in [9.17, 15) is 4.79 Å². The number of carbonyl (C=O) groups excluding carboxylic acids is 1. The molecule has 2 heterocycles. The van der Waals surface area contributed by atoms with E-state index in [0.717, 1.165) is 50.8 Å². The zero-order valence-electron chi connectivity index (χ0n) is 14.6. The number of aromatic nitrogens is 2. The third kappa shape index (κ3) is 4.04. The first kappa shape index (κ1) is 16.7. The van der Waals surface area contributed by atoms with E-state index in [-0.39, 0.29) is 5.91 Å². The second kappa shape index (κ2) is 7.64. The summed E-state index contributed by atoms with van der Waals surface area (Å²) in [6, 6.07) is 0. The molecular weight excluding hydrogens is 304 g/mol. The molecule has 1 aromatic heterocycles. The molecule has 6 heteroatoms. The van der Waals surface area contributed by atoms with E-state index in [0.29, 0.717) is 5.88 Å². The molecule has 0 N–H and O–H groups in total. The van der Waals surface area contributed by atoms with Gasteiger partial charge in [0.05, 0.1) is 19.5 Å². The Labute approximate surface area is 143 Å². The topological polar surface area (TPSA) is 58.6 Å². The van der Waals surface area contributed by atoms with E-state index in [1.54, 1.807) is 19.5 Å². The van der Waals surface area contributed by atoms with Gasteiger partial charge in [0, 0.05) is 32.3 Å². The highest BCUT2D eigenvalue weighted by molar-refractivity contribution is 5.88. The van der Waals surface area contributed by atoms with Crippen molar-refractivity contribution in [1.29, 1.82) is 0 Å². The van der Waals surface area contributed by atoms with Gasteiger partial charge in [0.2, 0.25) is 11.8 Å². The van der Waals surface area contributed by atoms with Crippen molar-refractivity contribution in [3.05, 3.63) is 24.0 Å². The summed E-state index contributed by atoms with van der Waals surface area (Å²) in [6.45, 7) is 5.27. The van der Waals surface area contributed by atoms with Crippen LogP contribution in [-0.4, -0.2) is 54.1 Å². The number of hydrogen-bond donors (Lipinski definition) is 0. The Bertz CT molecular complexity index is 599. The van der Waals surface area contributed by atoms with Crippen LogP contribution < -0.4 is 9.64 Å². The van der Waals surface area contributed by atoms with Crippen LogP contribution >= 0.6 is 0 Å². The largest absolute Gasteiger partial charge is 0.480 e. The minimum Gasteiger partial charge on any atom is -0.480 e. The summed E-state index contributed by atoms with van der Waals surface area (Å²) >= 11 is 0. The van der Waals surface area contributed by atoms with E-state index in [1.807, 2.05) is 11.0 Å². The van der Waals surface area contributed by atoms with Crippen molar-refractivity contribution in [3.8, 4) is 5.88 Å². The van der Waals surface area contributed by atoms with Crippen molar-refractivity contribution < 1.29 is 9.53 Å². The van der Waals surface area contributed by atoms with Gasteiger partial charge in [0.1, 0.15) is 0 Å². The molecule has 0 bridgehead atoms. The molecule has 1 aliphatic heterocycles. The summed E-state index contributed by atoms with van der Waals surface area (Å²) in [5.41, 5.74) is 1.32. The standard InChI is InChI=1S/C18H26N4O2/c1-14-3-5-15(6-4-14)11-18(23)22-9-7-21(8-10-22)16-12-19-13-17(20-16)24-2/h11-14H,3-10H2,1-2H3. The Morgan fingerprint density at radius 1 is 1.21 bits per heavy atom. The maximum absolute atomic E-state index is 12.5. The molecule has 0 aromatic carbocycles. The predicted octanol–water partition coefficient (Wildman–Crippen LogP) is 2.27. The number of rotatable bonds is 3. The summed E-state index contributed by atoms with van der Waals surface area (Å²) in [7, 11) is 1.59. The molecule has 6 nitrogen and oxygen atoms in total. The number of piperazine rings is 1. The molecule has 24 heavy (non-hydrogen) atoms. The number of ether oxygens (including phenoxy) is 1. The van der Waals surface area contributed by atoms with E-state index >= 15 is 0 Å². The normalized spacial score (nSPS) is 21.6. The summed E-state index contributed by atoms with van der Waals surface area (Å²) in [4.78, 5) is 25.1. The number of carbonyl (C=O) groups is 1. The quantitative estimate of drug-likeness (QED) is 0.796. The first-order chi connectivity index (χ1) is 11.7. The van der Waals surface area contributed by atoms with Crippen LogP contribution in [0.25, 0.3) is 0 Å². The number of anilines is 1. The van der Waals surface area contributed by atoms with Gasteiger partial charge in [-0.05, 0) is 31.6 Å². The third-order valence-corrected chi connectivity index (χ3v) is 4.97. The molecule has 1 saturated heterocycles. The molecule has 130 valence electrons. The average Bonchev–Trinajstić information content (AvgIpc) is 2.64. The molecule has 1 aliphatic carbocycles. The van der Waals surface area contributed by atoms with Crippen LogP contribution in [0.1, 0.15) is 32.6 Å². The number of amides is 1. The smallest absolute Gasteiger partial charge is 0.246 e. The predicted molar refractivity (Wildman–Crippen MR) is 93.1 cm³/mol. The lowest BCUT2D eigenvalue weighted by atomic mass is 9.87. The Morgan fingerprint density at radius 3 is 2.58 bits per heavy atom. The third-order valence-electron chi connectivity index (χ3n) is 4.97. The van der Waals surface area contributed by atoms with Crippen LogP contribution in [-0.2, 0) is 4.79 Å². The highest BCUT2D eigenvalue weighted by Gasteiger charge is 2.22. The first-order valence-corrected chi connectivity index (χ1v) is 8.75. The van der Waals surface area contributed by atoms with Crippen molar-refractivity contribution in [3.63, 3.8) is 0 Å². The lowest BCUT2D eigenvalue weighted by Crippen LogP contribution is -2.48. The van der Waals surface area contributed by atoms with Crippen molar-refractivity contribution in [2.45, 2.75) is 32.6 Å². The van der Waals surface area contributed by atoms with Gasteiger partial charge < -0.3 is 14.5 Å². The Hall–Kier alpha value is -2.11. The lowest BCUT2D eigenvalue weighted by molar-refractivity contribution is -0.126. The minimum absolute atomic E-state index is 0.163. The van der Waals surface area contributed by atoms with E-state index < -0.39 is 0 Å². The highest BCUT2D eigenvalue weighted by Crippen LogP contribution is 2.27. The maximum Gasteiger partial charge on any atom is 0.246 e. The molecule has 2 fully saturated rings. The summed E-state index contributed by atoms with van der Waals surface area (Å²) in [5.74, 6) is 2.28. The van der Waals surface area contributed by atoms with Crippen LogP contribution in [0.5, 0.6) is 5.88 Å². The minimum atomic E-state index is 0.163. The van der Waals surface area contributed by atoms with Gasteiger partial charge in [0.15, 0.2) is 5.82 Å². The Morgan fingerprint density at radius 2 is 1.92 bits per heavy atom. The van der Waals surface area contributed by atoms with Crippen LogP contribution in [0, 0.1) is 5.92 Å². The van der Waals surface area contributed by atoms with Gasteiger partial charge in [0.25, 0.3) is 0 Å². The maximum atomic E-state index is 12.5. The number of methoxy groups -OCH3 is 1. The molecular formula is C18H26N4O2. The average molecular weight is 330 g/mol. The summed E-state index contributed by atoms with van der Waals surface area (Å²) in [6.07, 6.45) is 9.79. The molecule has 0 spiro atoms. The summed E-state index contributed by atoms with van der Waals surface area (Å²) < 4.78 is 5.12. The molecule has 1 aromatic rings. The van der Waals surface area contributed by atoms with Gasteiger partial charge >= 0.3 is 0 Å². The van der Waals surface area contributed by atoms with Gasteiger partial charge in [-0.15, -0.1) is 0 Å². The Kier molecular flexibility index (Phi) is 5.33. The monoisotopic (exact) mass is 330 g/mol. The summed E-state index contributed by atoms with van der Waals surface area (Å²) in [5, 5.41) is 0. The SMILES string of the molecule is COc1cncc(N2CCN(C(=O)C=C3CCC(C)CC3)CC2)n1. The van der Waals surface area contributed by atoms with Crippen molar-refractivity contribution >= 4 is 11.7 Å². The molecule has 1 amide bonds. The van der Waals surface area contributed by atoms with Gasteiger partial charge in [-0.2, -0.15) is 4.98 Å².